The van der Waals surface area contributed by atoms with E-state index in [4.69, 9.17) is 5.73 Å². The molecule has 2 atom stereocenters. The summed E-state index contributed by atoms with van der Waals surface area (Å²) in [5.41, 5.74) is 11.4. The van der Waals surface area contributed by atoms with Gasteiger partial charge in [-0.15, -0.1) is 0 Å². The molecule has 0 amide bonds. The van der Waals surface area contributed by atoms with Gasteiger partial charge in [-0.25, -0.2) is 4.48 Å². The van der Waals surface area contributed by atoms with Crippen molar-refractivity contribution in [3.8, 4) is 0 Å². The number of aryl methyl sites for hydroxylation is 1. The van der Waals surface area contributed by atoms with Gasteiger partial charge in [0.05, 0.1) is 11.9 Å². The molecule has 0 aromatic heterocycles. The first kappa shape index (κ1) is 13.4. The monoisotopic (exact) mass is 283 g/mol. The van der Waals surface area contributed by atoms with Crippen LogP contribution in [0.15, 0.2) is 53.9 Å². The molecule has 0 bridgehead atoms. The Morgan fingerprint density at radius 2 is 1.90 bits per heavy atom. The molecule has 20 heavy (non-hydrogen) atoms. The van der Waals surface area contributed by atoms with Gasteiger partial charge < -0.3 is 0 Å². The van der Waals surface area contributed by atoms with Gasteiger partial charge in [0.2, 0.25) is 5.50 Å². The molecule has 0 fully saturated rings. The minimum atomic E-state index is -0.0344. The number of quaternary nitrogens is 1. The second-order valence-corrected chi connectivity index (χ2v) is 6.42. The highest BCUT2D eigenvalue weighted by Gasteiger charge is 2.45. The second-order valence-electron chi connectivity index (χ2n) is 5.27. The van der Waals surface area contributed by atoms with Gasteiger partial charge in [-0.3, -0.25) is 5.73 Å². The van der Waals surface area contributed by atoms with Crippen molar-refractivity contribution in [2.45, 2.75) is 17.3 Å². The zero-order valence-electron chi connectivity index (χ0n) is 11.8. The fourth-order valence-corrected chi connectivity index (χ4v) is 4.15. The van der Waals surface area contributed by atoms with Crippen molar-refractivity contribution in [3.05, 3.63) is 60.2 Å². The molecule has 0 aliphatic carbocycles. The smallest absolute Gasteiger partial charge is 0.202 e. The van der Waals surface area contributed by atoms with Crippen molar-refractivity contribution in [2.24, 2.45) is 5.73 Å². The van der Waals surface area contributed by atoms with Crippen molar-refractivity contribution in [2.75, 3.05) is 7.05 Å². The summed E-state index contributed by atoms with van der Waals surface area (Å²) in [6.07, 6.45) is 1.95. The lowest BCUT2D eigenvalue weighted by Crippen LogP contribution is -2.49. The Balaban J connectivity index is 2.31. The van der Waals surface area contributed by atoms with Crippen molar-refractivity contribution in [3.63, 3.8) is 0 Å². The number of nitrogens with zero attached hydrogens (tertiary/aromatic N) is 1. The van der Waals surface area contributed by atoms with Gasteiger partial charge in [-0.2, -0.15) is 0 Å². The van der Waals surface area contributed by atoms with Gasteiger partial charge in [0.1, 0.15) is 5.69 Å². The van der Waals surface area contributed by atoms with Gasteiger partial charge in [0, 0.05) is 5.56 Å². The Labute approximate surface area is 124 Å². The molecule has 1 heterocycles. The lowest BCUT2D eigenvalue weighted by Gasteiger charge is -2.33. The fraction of sp³-hybridized carbons (Fsp3) is 0.176. The quantitative estimate of drug-likeness (QED) is 0.834. The Morgan fingerprint density at radius 3 is 2.55 bits per heavy atom. The maximum Gasteiger partial charge on any atom is 0.202 e. The van der Waals surface area contributed by atoms with E-state index in [1.807, 2.05) is 12.1 Å². The van der Waals surface area contributed by atoms with Crippen molar-refractivity contribution in [1.29, 1.82) is 0 Å². The molecule has 3 rings (SSSR count). The average Bonchev–Trinajstić information content (AvgIpc) is 2.73. The van der Waals surface area contributed by atoms with E-state index >= 15 is 0 Å². The first-order chi connectivity index (χ1) is 9.59. The van der Waals surface area contributed by atoms with E-state index in [-0.39, 0.29) is 5.50 Å². The number of para-hydroxylation sites is 1. The highest BCUT2D eigenvalue weighted by Crippen LogP contribution is 2.53. The predicted molar refractivity (Wildman–Crippen MR) is 88.9 cm³/mol. The SMILES string of the molecule is C=Cc1c(C)ccc2c1[N+](C)(c1ccccc1)C(N)S2. The third-order valence-electron chi connectivity index (χ3n) is 4.12. The van der Waals surface area contributed by atoms with Crippen LogP contribution in [0.3, 0.4) is 0 Å². The molecule has 1 aliphatic heterocycles. The highest BCUT2D eigenvalue weighted by atomic mass is 32.2. The van der Waals surface area contributed by atoms with Crippen molar-refractivity contribution in [1.82, 2.24) is 4.48 Å². The number of thioether (sulfide) groups is 1. The molecule has 2 unspecified atom stereocenters. The fourth-order valence-electron chi connectivity index (χ4n) is 2.90. The summed E-state index contributed by atoms with van der Waals surface area (Å²) in [7, 11) is 2.19. The van der Waals surface area contributed by atoms with Gasteiger partial charge in [-0.1, -0.05) is 36.9 Å². The maximum absolute atomic E-state index is 6.47. The van der Waals surface area contributed by atoms with E-state index in [1.54, 1.807) is 11.8 Å². The van der Waals surface area contributed by atoms with Crippen LogP contribution in [0.25, 0.3) is 6.08 Å². The van der Waals surface area contributed by atoms with Crippen LogP contribution in [0.4, 0.5) is 11.4 Å². The molecular formula is C17H19N2S+. The van der Waals surface area contributed by atoms with E-state index in [9.17, 15) is 0 Å². The Morgan fingerprint density at radius 1 is 1.20 bits per heavy atom. The maximum atomic E-state index is 6.47. The van der Waals surface area contributed by atoms with E-state index in [0.29, 0.717) is 4.48 Å². The number of hydrogen-bond acceptors (Lipinski definition) is 2. The largest absolute Gasteiger partial charge is 0.271 e. The summed E-state index contributed by atoms with van der Waals surface area (Å²) in [6, 6.07) is 14.8. The third-order valence-corrected chi connectivity index (χ3v) is 5.36. The van der Waals surface area contributed by atoms with Crippen LogP contribution in [0.5, 0.6) is 0 Å². The molecule has 2 nitrogen and oxygen atoms in total. The summed E-state index contributed by atoms with van der Waals surface area (Å²) in [4.78, 5) is 1.25. The molecule has 2 aromatic rings. The second kappa shape index (κ2) is 4.77. The molecule has 0 saturated heterocycles. The van der Waals surface area contributed by atoms with Crippen LogP contribution in [-0.4, -0.2) is 12.5 Å². The van der Waals surface area contributed by atoms with Gasteiger partial charge >= 0.3 is 0 Å². The number of rotatable bonds is 2. The first-order valence-corrected chi connectivity index (χ1v) is 7.57. The molecule has 2 aromatic carbocycles. The number of hydrogen-bond donors (Lipinski definition) is 1. The van der Waals surface area contributed by atoms with Gasteiger partial charge in [-0.05, 0) is 42.4 Å². The van der Waals surface area contributed by atoms with Gasteiger partial charge in [0.15, 0.2) is 5.69 Å². The lowest BCUT2D eigenvalue weighted by atomic mass is 10.0. The van der Waals surface area contributed by atoms with Crippen LogP contribution in [0, 0.1) is 6.92 Å². The molecule has 2 N–H and O–H groups in total. The molecule has 0 radical (unpaired) electrons. The Hall–Kier alpha value is -1.55. The minimum absolute atomic E-state index is 0.0344. The minimum Gasteiger partial charge on any atom is -0.271 e. The summed E-state index contributed by atoms with van der Waals surface area (Å²) in [5, 5.41) is 0. The van der Waals surface area contributed by atoms with E-state index < -0.39 is 0 Å². The highest BCUT2D eigenvalue weighted by molar-refractivity contribution is 8.00. The Kier molecular flexibility index (Phi) is 3.21. The molecule has 0 spiro atoms. The summed E-state index contributed by atoms with van der Waals surface area (Å²) in [5.74, 6) is 0. The summed E-state index contributed by atoms with van der Waals surface area (Å²) >= 11 is 1.73. The molecule has 102 valence electrons. The van der Waals surface area contributed by atoms with E-state index in [0.717, 1.165) is 0 Å². The number of fused-ring (bicyclic) bond motifs is 1. The summed E-state index contributed by atoms with van der Waals surface area (Å²) in [6.45, 7) is 6.12. The molecular weight excluding hydrogens is 264 g/mol. The predicted octanol–water partition coefficient (Wildman–Crippen LogP) is 4.25. The molecule has 1 aliphatic rings. The van der Waals surface area contributed by atoms with Crippen LogP contribution in [0.1, 0.15) is 11.1 Å². The van der Waals surface area contributed by atoms with Crippen LogP contribution in [0.2, 0.25) is 0 Å². The van der Waals surface area contributed by atoms with Crippen LogP contribution in [-0.2, 0) is 0 Å². The van der Waals surface area contributed by atoms with E-state index in [1.165, 1.54) is 27.4 Å². The number of nitrogens with two attached hydrogens (primary N) is 1. The lowest BCUT2D eigenvalue weighted by molar-refractivity contribution is 0.443. The zero-order valence-corrected chi connectivity index (χ0v) is 12.7. The standard InChI is InChI=1S/C17H19N2S/c1-4-14-12(2)10-11-15-16(14)19(3,17(18)20-15)13-8-6-5-7-9-13/h4-11,17H,1,18H2,2-3H3/q+1. The van der Waals surface area contributed by atoms with E-state index in [2.05, 4.69) is 56.9 Å². The summed E-state index contributed by atoms with van der Waals surface area (Å²) < 4.78 is 0.615. The Bertz CT molecular complexity index is 666. The van der Waals surface area contributed by atoms with Crippen molar-refractivity contribution >= 4 is 29.2 Å². The van der Waals surface area contributed by atoms with Crippen molar-refractivity contribution < 1.29 is 0 Å². The normalized spacial score (nSPS) is 24.4. The van der Waals surface area contributed by atoms with Gasteiger partial charge in [0.25, 0.3) is 0 Å². The molecule has 3 heteroatoms. The molecule has 0 saturated carbocycles. The first-order valence-electron chi connectivity index (χ1n) is 6.69. The van der Waals surface area contributed by atoms with Crippen LogP contribution >= 0.6 is 11.8 Å². The number of benzene rings is 2. The van der Waals surface area contributed by atoms with Crippen LogP contribution < -0.4 is 10.2 Å². The zero-order chi connectivity index (χ0) is 14.3. The topological polar surface area (TPSA) is 26.0 Å². The average molecular weight is 283 g/mol. The third kappa shape index (κ3) is 1.74.